The summed E-state index contributed by atoms with van der Waals surface area (Å²) in [5, 5.41) is 3.18. The third kappa shape index (κ3) is 3.78. The molecule has 2 nitrogen and oxygen atoms in total. The molecular formula is C13H11Br2F2NOS. The van der Waals surface area contributed by atoms with Gasteiger partial charge < -0.3 is 10.1 Å². The van der Waals surface area contributed by atoms with Gasteiger partial charge in [0.1, 0.15) is 5.75 Å². The molecule has 108 valence electrons. The number of ether oxygens (including phenoxy) is 1. The number of benzene rings is 1. The van der Waals surface area contributed by atoms with E-state index in [1.807, 2.05) is 19.2 Å². The Labute approximate surface area is 136 Å². The van der Waals surface area contributed by atoms with Crippen molar-refractivity contribution in [2.24, 2.45) is 0 Å². The Morgan fingerprint density at radius 2 is 2.00 bits per heavy atom. The highest BCUT2D eigenvalue weighted by Gasteiger charge is 2.17. The van der Waals surface area contributed by atoms with Crippen LogP contribution in [0.5, 0.6) is 5.75 Å². The van der Waals surface area contributed by atoms with Gasteiger partial charge in [0.25, 0.3) is 0 Å². The minimum atomic E-state index is -2.82. The normalized spacial score (nSPS) is 12.7. The summed E-state index contributed by atoms with van der Waals surface area (Å²) in [7, 11) is 1.83. The molecule has 0 radical (unpaired) electrons. The Bertz CT molecular complexity index is 572. The zero-order valence-electron chi connectivity index (χ0n) is 10.4. The number of halogens is 4. The summed E-state index contributed by atoms with van der Waals surface area (Å²) in [6.07, 6.45) is 0. The number of thiophene rings is 1. The van der Waals surface area contributed by atoms with Crippen LogP contribution in [-0.2, 0) is 0 Å². The van der Waals surface area contributed by atoms with Gasteiger partial charge in [-0.25, -0.2) is 0 Å². The number of hydrogen-bond donors (Lipinski definition) is 1. The van der Waals surface area contributed by atoms with E-state index < -0.39 is 6.61 Å². The van der Waals surface area contributed by atoms with Gasteiger partial charge in [0, 0.05) is 9.35 Å². The fraction of sp³-hybridized carbons (Fsp3) is 0.231. The van der Waals surface area contributed by atoms with Crippen molar-refractivity contribution in [3.63, 3.8) is 0 Å². The lowest BCUT2D eigenvalue weighted by atomic mass is 10.1. The predicted octanol–water partition coefficient (Wildman–Crippen LogP) is 5.18. The second-order valence-electron chi connectivity index (χ2n) is 3.94. The average Bonchev–Trinajstić information content (AvgIpc) is 2.70. The maximum absolute atomic E-state index is 12.3. The van der Waals surface area contributed by atoms with E-state index >= 15 is 0 Å². The van der Waals surface area contributed by atoms with Crippen LogP contribution in [-0.4, -0.2) is 13.7 Å². The highest BCUT2D eigenvalue weighted by molar-refractivity contribution is 9.13. The molecule has 1 unspecified atom stereocenters. The highest BCUT2D eigenvalue weighted by Crippen LogP contribution is 2.38. The van der Waals surface area contributed by atoms with Crippen LogP contribution in [0.2, 0.25) is 0 Å². The fourth-order valence-electron chi connectivity index (χ4n) is 1.85. The number of nitrogens with one attached hydrogen (secondary N) is 1. The first kappa shape index (κ1) is 15.9. The topological polar surface area (TPSA) is 21.3 Å². The largest absolute Gasteiger partial charge is 0.435 e. The van der Waals surface area contributed by atoms with Gasteiger partial charge >= 0.3 is 6.61 Å². The molecule has 7 heteroatoms. The van der Waals surface area contributed by atoms with Gasteiger partial charge in [-0.1, -0.05) is 12.1 Å². The van der Waals surface area contributed by atoms with E-state index in [1.54, 1.807) is 23.5 Å². The van der Waals surface area contributed by atoms with Gasteiger partial charge in [0.05, 0.1) is 9.83 Å². The van der Waals surface area contributed by atoms with Gasteiger partial charge in [0.15, 0.2) is 0 Å². The highest BCUT2D eigenvalue weighted by atomic mass is 79.9. The predicted molar refractivity (Wildman–Crippen MR) is 83.7 cm³/mol. The van der Waals surface area contributed by atoms with Crippen molar-refractivity contribution < 1.29 is 13.5 Å². The van der Waals surface area contributed by atoms with E-state index in [9.17, 15) is 8.78 Å². The third-order valence-electron chi connectivity index (χ3n) is 2.65. The molecule has 1 aromatic carbocycles. The lowest BCUT2D eigenvalue weighted by molar-refractivity contribution is -0.0498. The van der Waals surface area contributed by atoms with Gasteiger partial charge in [-0.2, -0.15) is 8.78 Å². The van der Waals surface area contributed by atoms with Crippen molar-refractivity contribution in [1.29, 1.82) is 0 Å². The zero-order chi connectivity index (χ0) is 14.7. The Morgan fingerprint density at radius 1 is 1.25 bits per heavy atom. The number of alkyl halides is 2. The molecule has 0 saturated heterocycles. The van der Waals surface area contributed by atoms with Gasteiger partial charge in [0.2, 0.25) is 0 Å². The van der Waals surface area contributed by atoms with Crippen LogP contribution in [0.4, 0.5) is 8.78 Å². The lowest BCUT2D eigenvalue weighted by Gasteiger charge is -2.16. The van der Waals surface area contributed by atoms with Crippen molar-refractivity contribution in [2.75, 3.05) is 7.05 Å². The van der Waals surface area contributed by atoms with Gasteiger partial charge in [-0.3, -0.25) is 0 Å². The smallest absolute Gasteiger partial charge is 0.387 e. The third-order valence-corrected chi connectivity index (χ3v) is 5.98. The van der Waals surface area contributed by atoms with Gasteiger partial charge in [-0.05, 0) is 62.7 Å². The van der Waals surface area contributed by atoms with Crippen LogP contribution in [0.3, 0.4) is 0 Å². The quantitative estimate of drug-likeness (QED) is 0.710. The molecule has 20 heavy (non-hydrogen) atoms. The summed E-state index contributed by atoms with van der Waals surface area (Å²) in [6, 6.07) is 8.63. The molecule has 1 atom stereocenters. The van der Waals surface area contributed by atoms with Crippen molar-refractivity contribution in [1.82, 2.24) is 5.32 Å². The minimum absolute atomic E-state index is 0.0798. The van der Waals surface area contributed by atoms with Crippen LogP contribution in [0.1, 0.15) is 16.5 Å². The Morgan fingerprint density at radius 3 is 2.55 bits per heavy atom. The van der Waals surface area contributed by atoms with E-state index in [2.05, 4.69) is 41.9 Å². The lowest BCUT2D eigenvalue weighted by Crippen LogP contribution is -2.16. The first-order valence-corrected chi connectivity index (χ1v) is 8.08. The molecule has 0 bridgehead atoms. The molecule has 1 N–H and O–H groups in total. The SMILES string of the molecule is CNC(c1cccc(OC(F)F)c1)c1cc(Br)c(Br)s1. The molecular weight excluding hydrogens is 416 g/mol. The minimum Gasteiger partial charge on any atom is -0.435 e. The van der Waals surface area contributed by atoms with E-state index in [-0.39, 0.29) is 11.8 Å². The molecule has 0 amide bonds. The molecule has 0 fully saturated rings. The maximum atomic E-state index is 12.3. The molecule has 0 aliphatic heterocycles. The van der Waals surface area contributed by atoms with Crippen LogP contribution in [0.15, 0.2) is 38.6 Å². The van der Waals surface area contributed by atoms with E-state index in [1.165, 1.54) is 6.07 Å². The number of rotatable bonds is 5. The molecule has 1 aromatic heterocycles. The zero-order valence-corrected chi connectivity index (χ0v) is 14.4. The summed E-state index contributed by atoms with van der Waals surface area (Å²) in [5.41, 5.74) is 0.868. The van der Waals surface area contributed by atoms with Crippen molar-refractivity contribution in [3.05, 3.63) is 49.0 Å². The Hall–Kier alpha value is -0.500. The summed E-state index contributed by atoms with van der Waals surface area (Å²) >= 11 is 8.48. The second-order valence-corrected chi connectivity index (χ2v) is 7.20. The van der Waals surface area contributed by atoms with Gasteiger partial charge in [-0.15, -0.1) is 11.3 Å². The first-order chi connectivity index (χ1) is 9.51. The van der Waals surface area contributed by atoms with E-state index in [4.69, 9.17) is 0 Å². The average molecular weight is 427 g/mol. The van der Waals surface area contributed by atoms with Crippen LogP contribution >= 0.6 is 43.2 Å². The summed E-state index contributed by atoms with van der Waals surface area (Å²) in [4.78, 5) is 1.07. The van der Waals surface area contributed by atoms with Crippen molar-refractivity contribution in [2.45, 2.75) is 12.7 Å². The summed E-state index contributed by atoms with van der Waals surface area (Å²) < 4.78 is 30.9. The molecule has 0 saturated carbocycles. The van der Waals surface area contributed by atoms with Crippen LogP contribution in [0, 0.1) is 0 Å². The van der Waals surface area contributed by atoms with Crippen molar-refractivity contribution in [3.8, 4) is 5.75 Å². The molecule has 0 spiro atoms. The Balaban J connectivity index is 2.31. The molecule has 1 heterocycles. The molecule has 0 aliphatic carbocycles. The van der Waals surface area contributed by atoms with Crippen molar-refractivity contribution >= 4 is 43.2 Å². The standard InChI is InChI=1S/C13H11Br2F2NOS/c1-18-11(10-6-9(14)12(15)20-10)7-3-2-4-8(5-7)19-13(16)17/h2-6,11,13,18H,1H3. The monoisotopic (exact) mass is 425 g/mol. The van der Waals surface area contributed by atoms with E-state index in [0.29, 0.717) is 0 Å². The second kappa shape index (κ2) is 6.98. The Kier molecular flexibility index (Phi) is 5.54. The fourth-order valence-corrected chi connectivity index (χ4v) is 4.08. The van der Waals surface area contributed by atoms with E-state index in [0.717, 1.165) is 18.7 Å². The molecule has 2 rings (SSSR count). The molecule has 0 aliphatic rings. The maximum Gasteiger partial charge on any atom is 0.387 e. The molecule has 2 aromatic rings. The first-order valence-electron chi connectivity index (χ1n) is 5.68. The summed E-state index contributed by atoms with van der Waals surface area (Å²) in [6.45, 7) is -2.82. The summed E-state index contributed by atoms with van der Waals surface area (Å²) in [5.74, 6) is 0.160. The van der Waals surface area contributed by atoms with Crippen LogP contribution in [0.25, 0.3) is 0 Å². The number of hydrogen-bond acceptors (Lipinski definition) is 3. The van der Waals surface area contributed by atoms with Crippen LogP contribution < -0.4 is 10.1 Å².